The molecule has 0 radical (unpaired) electrons. The number of ether oxygens (including phenoxy) is 2. The fourth-order valence-electron chi connectivity index (χ4n) is 2.98. The molecule has 2 aromatic rings. The van der Waals surface area contributed by atoms with Crippen molar-refractivity contribution < 1.29 is 9.47 Å². The number of hydrogen-bond donors (Lipinski definition) is 1. The van der Waals surface area contributed by atoms with Crippen LogP contribution in [0.5, 0.6) is 11.5 Å². The number of piperazine rings is 1. The molecule has 0 atom stereocenters. The van der Waals surface area contributed by atoms with E-state index in [1.807, 2.05) is 24.4 Å². The minimum Gasteiger partial charge on any atom is -0.493 e. The molecule has 0 spiro atoms. The summed E-state index contributed by atoms with van der Waals surface area (Å²) in [4.78, 5) is 13.6. The molecule has 26 heavy (non-hydrogen) atoms. The van der Waals surface area contributed by atoms with Crippen molar-refractivity contribution in [3.8, 4) is 11.5 Å². The summed E-state index contributed by atoms with van der Waals surface area (Å²) in [5.74, 6) is 3.16. The average Bonchev–Trinajstić information content (AvgIpc) is 2.68. The maximum Gasteiger partial charge on any atom is 0.227 e. The minimum absolute atomic E-state index is 0.747. The van der Waals surface area contributed by atoms with E-state index in [1.165, 1.54) is 5.56 Å². The second-order valence-corrected chi connectivity index (χ2v) is 6.40. The monoisotopic (exact) mass is 357 g/mol. The maximum absolute atomic E-state index is 5.36. The summed E-state index contributed by atoms with van der Waals surface area (Å²) < 4.78 is 10.6. The van der Waals surface area contributed by atoms with Crippen LogP contribution >= 0.6 is 0 Å². The minimum atomic E-state index is 0.747. The van der Waals surface area contributed by atoms with Crippen LogP contribution in [-0.4, -0.2) is 68.9 Å². The molecule has 1 aromatic carbocycles. The van der Waals surface area contributed by atoms with Gasteiger partial charge in [-0.2, -0.15) is 4.98 Å². The first-order valence-corrected chi connectivity index (χ1v) is 8.91. The molecule has 0 aliphatic carbocycles. The van der Waals surface area contributed by atoms with Gasteiger partial charge in [-0.15, -0.1) is 0 Å². The molecule has 1 aliphatic rings. The summed E-state index contributed by atoms with van der Waals surface area (Å²) >= 11 is 0. The number of methoxy groups -OCH3 is 2. The zero-order chi connectivity index (χ0) is 18.4. The van der Waals surface area contributed by atoms with Crippen molar-refractivity contribution in [3.63, 3.8) is 0 Å². The van der Waals surface area contributed by atoms with Gasteiger partial charge in [0.25, 0.3) is 0 Å². The highest BCUT2D eigenvalue weighted by Crippen LogP contribution is 2.27. The third kappa shape index (κ3) is 4.54. The smallest absolute Gasteiger partial charge is 0.227 e. The second-order valence-electron chi connectivity index (χ2n) is 6.40. The van der Waals surface area contributed by atoms with Gasteiger partial charge in [0.15, 0.2) is 11.5 Å². The topological polar surface area (TPSA) is 62.8 Å². The lowest BCUT2D eigenvalue weighted by molar-refractivity contribution is 0.311. The van der Waals surface area contributed by atoms with Crippen molar-refractivity contribution in [2.75, 3.05) is 64.2 Å². The van der Waals surface area contributed by atoms with E-state index in [9.17, 15) is 0 Å². The van der Waals surface area contributed by atoms with E-state index in [0.717, 1.165) is 62.4 Å². The Morgan fingerprint density at radius 2 is 1.81 bits per heavy atom. The molecular formula is C19H27N5O2. The lowest BCUT2D eigenvalue weighted by atomic mass is 10.1. The molecule has 0 amide bonds. The third-order valence-corrected chi connectivity index (χ3v) is 4.60. The van der Waals surface area contributed by atoms with Crippen LogP contribution in [0.3, 0.4) is 0 Å². The number of benzene rings is 1. The Bertz CT molecular complexity index is 717. The Morgan fingerprint density at radius 1 is 1.04 bits per heavy atom. The van der Waals surface area contributed by atoms with Crippen molar-refractivity contribution in [2.45, 2.75) is 6.42 Å². The largest absolute Gasteiger partial charge is 0.493 e. The lowest BCUT2D eigenvalue weighted by Crippen LogP contribution is -2.45. The van der Waals surface area contributed by atoms with Crippen molar-refractivity contribution >= 4 is 11.8 Å². The average molecular weight is 357 g/mol. The molecule has 0 bridgehead atoms. The molecule has 3 rings (SSSR count). The van der Waals surface area contributed by atoms with Crippen molar-refractivity contribution in [3.05, 3.63) is 36.0 Å². The van der Waals surface area contributed by atoms with Crippen LogP contribution in [0.4, 0.5) is 11.8 Å². The molecule has 1 saturated heterocycles. The fraction of sp³-hybridized carbons (Fsp3) is 0.474. The van der Waals surface area contributed by atoms with Gasteiger partial charge >= 0.3 is 0 Å². The molecule has 1 aliphatic heterocycles. The summed E-state index contributed by atoms with van der Waals surface area (Å²) in [5.41, 5.74) is 1.18. The van der Waals surface area contributed by atoms with Gasteiger partial charge in [-0.05, 0) is 37.2 Å². The van der Waals surface area contributed by atoms with Crippen molar-refractivity contribution in [2.24, 2.45) is 0 Å². The molecule has 0 unspecified atom stereocenters. The van der Waals surface area contributed by atoms with Gasteiger partial charge in [0.2, 0.25) is 5.95 Å². The van der Waals surface area contributed by atoms with E-state index in [0.29, 0.717) is 0 Å². The summed E-state index contributed by atoms with van der Waals surface area (Å²) in [6.45, 7) is 4.80. The van der Waals surface area contributed by atoms with E-state index in [2.05, 4.69) is 38.2 Å². The van der Waals surface area contributed by atoms with Crippen molar-refractivity contribution in [1.82, 2.24) is 14.9 Å². The number of anilines is 2. The second kappa shape index (κ2) is 8.71. The molecule has 0 saturated carbocycles. The summed E-state index contributed by atoms with van der Waals surface area (Å²) in [6.07, 6.45) is 2.69. The third-order valence-electron chi connectivity index (χ3n) is 4.60. The Balaban J connectivity index is 1.56. The van der Waals surface area contributed by atoms with Crippen LogP contribution in [0, 0.1) is 0 Å². The van der Waals surface area contributed by atoms with E-state index in [4.69, 9.17) is 9.47 Å². The molecule has 7 heteroatoms. The van der Waals surface area contributed by atoms with E-state index >= 15 is 0 Å². The van der Waals surface area contributed by atoms with Crippen molar-refractivity contribution in [1.29, 1.82) is 0 Å². The molecule has 1 aromatic heterocycles. The van der Waals surface area contributed by atoms with Crippen LogP contribution in [-0.2, 0) is 6.42 Å². The van der Waals surface area contributed by atoms with Crippen LogP contribution in [0.25, 0.3) is 0 Å². The van der Waals surface area contributed by atoms with Crippen LogP contribution in [0.2, 0.25) is 0 Å². The Morgan fingerprint density at radius 3 is 2.54 bits per heavy atom. The van der Waals surface area contributed by atoms with Gasteiger partial charge in [-0.25, -0.2) is 4.98 Å². The summed E-state index contributed by atoms with van der Waals surface area (Å²) in [6, 6.07) is 7.91. The maximum atomic E-state index is 5.36. The van der Waals surface area contributed by atoms with E-state index in [-0.39, 0.29) is 0 Å². The molecule has 1 N–H and O–H groups in total. The van der Waals surface area contributed by atoms with Crippen LogP contribution in [0.15, 0.2) is 30.5 Å². The zero-order valence-corrected chi connectivity index (χ0v) is 15.7. The quantitative estimate of drug-likeness (QED) is 0.812. The number of likely N-dealkylation sites (N-methyl/N-ethyl adjacent to an activating group) is 1. The molecule has 140 valence electrons. The van der Waals surface area contributed by atoms with Crippen LogP contribution in [0.1, 0.15) is 5.56 Å². The normalized spacial score (nSPS) is 15.0. The standard InChI is InChI=1S/C19H27N5O2/c1-23-10-12-24(13-11-23)19-21-9-7-18(22-19)20-8-6-15-4-5-16(25-2)17(14-15)26-3/h4-5,7,9,14H,6,8,10-13H2,1-3H3,(H,20,21,22). The fourth-order valence-corrected chi connectivity index (χ4v) is 2.98. The van der Waals surface area contributed by atoms with Gasteiger partial charge in [0.05, 0.1) is 14.2 Å². The molecular weight excluding hydrogens is 330 g/mol. The van der Waals surface area contributed by atoms with Gasteiger partial charge in [0.1, 0.15) is 5.82 Å². The van der Waals surface area contributed by atoms with Gasteiger partial charge in [-0.1, -0.05) is 6.07 Å². The molecule has 7 nitrogen and oxygen atoms in total. The Kier molecular flexibility index (Phi) is 6.12. The van der Waals surface area contributed by atoms with Gasteiger partial charge in [-0.3, -0.25) is 0 Å². The number of rotatable bonds is 7. The number of aromatic nitrogens is 2. The predicted octanol–water partition coefficient (Wildman–Crippen LogP) is 1.90. The SMILES string of the molecule is COc1ccc(CCNc2ccnc(N3CCN(C)CC3)n2)cc1OC. The summed E-state index contributed by atoms with van der Waals surface area (Å²) in [7, 11) is 5.44. The zero-order valence-electron chi connectivity index (χ0n) is 15.7. The van der Waals surface area contributed by atoms with Gasteiger partial charge < -0.3 is 24.6 Å². The highest BCUT2D eigenvalue weighted by atomic mass is 16.5. The lowest BCUT2D eigenvalue weighted by Gasteiger charge is -2.32. The first kappa shape index (κ1) is 18.3. The first-order chi connectivity index (χ1) is 12.7. The van der Waals surface area contributed by atoms with E-state index < -0.39 is 0 Å². The Labute approximate surface area is 155 Å². The van der Waals surface area contributed by atoms with E-state index in [1.54, 1.807) is 14.2 Å². The number of nitrogens with zero attached hydrogens (tertiary/aromatic N) is 4. The predicted molar refractivity (Wildman–Crippen MR) is 103 cm³/mol. The summed E-state index contributed by atoms with van der Waals surface area (Å²) in [5, 5.41) is 3.39. The molecule has 1 fully saturated rings. The number of nitrogens with one attached hydrogen (secondary N) is 1. The Hall–Kier alpha value is -2.54. The molecule has 2 heterocycles. The highest BCUT2D eigenvalue weighted by molar-refractivity contribution is 5.44. The van der Waals surface area contributed by atoms with Crippen LogP contribution < -0.4 is 19.7 Å². The highest BCUT2D eigenvalue weighted by Gasteiger charge is 2.16. The first-order valence-electron chi connectivity index (χ1n) is 8.91. The van der Waals surface area contributed by atoms with Gasteiger partial charge in [0, 0.05) is 38.9 Å². The number of hydrogen-bond acceptors (Lipinski definition) is 7.